The maximum Gasteiger partial charge on any atom is 0.397 e. The maximum absolute atomic E-state index is 10.5. The van der Waals surface area contributed by atoms with E-state index in [1.165, 1.54) is 44.9 Å². The van der Waals surface area contributed by atoms with Crippen molar-refractivity contribution in [2.24, 2.45) is 5.92 Å². The summed E-state index contributed by atoms with van der Waals surface area (Å²) in [6.07, 6.45) is 11.6. The van der Waals surface area contributed by atoms with E-state index in [-0.39, 0.29) is 6.61 Å². The van der Waals surface area contributed by atoms with E-state index < -0.39 is 10.4 Å². The van der Waals surface area contributed by atoms with E-state index in [1.54, 1.807) is 0 Å². The topological polar surface area (TPSA) is 63.6 Å². The molecule has 0 aliphatic heterocycles. The number of hydrogen-bond donors (Lipinski definition) is 1. The lowest BCUT2D eigenvalue weighted by Crippen LogP contribution is -2.10. The molecule has 19 heavy (non-hydrogen) atoms. The molecule has 0 aliphatic rings. The molecule has 0 aliphatic carbocycles. The minimum atomic E-state index is -4.27. The van der Waals surface area contributed by atoms with Gasteiger partial charge in [0.05, 0.1) is 6.61 Å². The highest BCUT2D eigenvalue weighted by Gasteiger charge is 2.11. The summed E-state index contributed by atoms with van der Waals surface area (Å²) in [5, 5.41) is 0. The van der Waals surface area contributed by atoms with E-state index in [9.17, 15) is 8.42 Å². The second-order valence-corrected chi connectivity index (χ2v) is 6.34. The summed E-state index contributed by atoms with van der Waals surface area (Å²) in [6.45, 7) is 4.47. The Morgan fingerprint density at radius 2 is 1.42 bits per heavy atom. The lowest BCUT2D eigenvalue weighted by molar-refractivity contribution is 0.234. The van der Waals surface area contributed by atoms with Gasteiger partial charge < -0.3 is 0 Å². The Balaban J connectivity index is 3.88. The fourth-order valence-electron chi connectivity index (χ4n) is 2.30. The summed E-state index contributed by atoms with van der Waals surface area (Å²) in [5.41, 5.74) is 0. The first-order valence-electron chi connectivity index (χ1n) is 7.61. The Kier molecular flexibility index (Phi) is 11.6. The fourth-order valence-corrected chi connectivity index (χ4v) is 2.60. The normalized spacial score (nSPS) is 13.6. The molecule has 0 fully saturated rings. The van der Waals surface area contributed by atoms with Gasteiger partial charge in [-0.3, -0.25) is 4.55 Å². The van der Waals surface area contributed by atoms with Crippen molar-refractivity contribution < 1.29 is 17.2 Å². The zero-order valence-corrected chi connectivity index (χ0v) is 13.3. The average molecular weight is 294 g/mol. The molecule has 1 unspecified atom stereocenters. The van der Waals surface area contributed by atoms with E-state index in [0.29, 0.717) is 5.92 Å². The zero-order valence-electron chi connectivity index (χ0n) is 12.4. The number of unbranched alkanes of at least 4 members (excludes halogenated alkanes) is 5. The predicted octanol–water partition coefficient (Wildman–Crippen LogP) is 4.36. The van der Waals surface area contributed by atoms with Gasteiger partial charge in [-0.25, -0.2) is 4.18 Å². The van der Waals surface area contributed by atoms with Crippen molar-refractivity contribution in [2.45, 2.75) is 78.1 Å². The monoisotopic (exact) mass is 294 g/mol. The van der Waals surface area contributed by atoms with Crippen molar-refractivity contribution >= 4 is 10.4 Å². The van der Waals surface area contributed by atoms with E-state index in [1.807, 2.05) is 0 Å². The highest BCUT2D eigenvalue weighted by molar-refractivity contribution is 7.80. The molecule has 0 spiro atoms. The first kappa shape index (κ1) is 18.9. The molecule has 4 nitrogen and oxygen atoms in total. The van der Waals surface area contributed by atoms with Crippen LogP contribution in [0.25, 0.3) is 0 Å². The van der Waals surface area contributed by atoms with Gasteiger partial charge in [-0.05, 0) is 12.3 Å². The summed E-state index contributed by atoms with van der Waals surface area (Å²) in [5.74, 6) is 0.519. The molecule has 0 rings (SSSR count). The van der Waals surface area contributed by atoms with Crippen LogP contribution in [0.4, 0.5) is 0 Å². The maximum atomic E-state index is 10.5. The Bertz CT molecular complexity index is 288. The van der Waals surface area contributed by atoms with Crippen LogP contribution < -0.4 is 0 Å². The van der Waals surface area contributed by atoms with Crippen molar-refractivity contribution in [3.8, 4) is 0 Å². The third-order valence-corrected chi connectivity index (χ3v) is 3.90. The largest absolute Gasteiger partial charge is 0.397 e. The SMILES string of the molecule is CCCCCCC(CCCCC)CCOS(=O)(=O)O. The molecule has 116 valence electrons. The summed E-state index contributed by atoms with van der Waals surface area (Å²) < 4.78 is 34.0. The summed E-state index contributed by atoms with van der Waals surface area (Å²) in [6, 6.07) is 0. The number of hydrogen-bond acceptors (Lipinski definition) is 3. The molecule has 0 radical (unpaired) electrons. The molecule has 0 amide bonds. The Hall–Kier alpha value is -0.130. The van der Waals surface area contributed by atoms with Crippen molar-refractivity contribution in [1.29, 1.82) is 0 Å². The van der Waals surface area contributed by atoms with E-state index in [0.717, 1.165) is 19.3 Å². The van der Waals surface area contributed by atoms with Crippen molar-refractivity contribution in [3.63, 3.8) is 0 Å². The number of rotatable bonds is 13. The summed E-state index contributed by atoms with van der Waals surface area (Å²) >= 11 is 0. The second kappa shape index (κ2) is 11.7. The van der Waals surface area contributed by atoms with Crippen molar-refractivity contribution in [3.05, 3.63) is 0 Å². The van der Waals surface area contributed by atoms with Crippen LogP contribution in [0.5, 0.6) is 0 Å². The average Bonchev–Trinajstić information content (AvgIpc) is 2.32. The molecule has 0 heterocycles. The third kappa shape index (κ3) is 14.1. The van der Waals surface area contributed by atoms with Gasteiger partial charge in [0, 0.05) is 0 Å². The standard InChI is InChI=1S/C14H30O4S/c1-3-5-7-9-11-14(10-8-6-4-2)12-13-18-19(15,16)17/h14H,3-13H2,1-2H3,(H,15,16,17). The molecule has 1 atom stereocenters. The quantitative estimate of drug-likeness (QED) is 0.405. The van der Waals surface area contributed by atoms with Gasteiger partial charge in [0.1, 0.15) is 0 Å². The van der Waals surface area contributed by atoms with Crippen LogP contribution in [-0.2, 0) is 14.6 Å². The molecule has 0 aromatic rings. The van der Waals surface area contributed by atoms with Crippen molar-refractivity contribution in [2.75, 3.05) is 6.61 Å². The second-order valence-electron chi connectivity index (χ2n) is 5.25. The Morgan fingerprint density at radius 3 is 1.95 bits per heavy atom. The molecule has 0 saturated carbocycles. The molecular formula is C14H30O4S. The Morgan fingerprint density at radius 1 is 0.895 bits per heavy atom. The lowest BCUT2D eigenvalue weighted by Gasteiger charge is -2.16. The van der Waals surface area contributed by atoms with Gasteiger partial charge in [0.25, 0.3) is 0 Å². The fraction of sp³-hybridized carbons (Fsp3) is 1.00. The van der Waals surface area contributed by atoms with Crippen LogP contribution in [-0.4, -0.2) is 19.6 Å². The van der Waals surface area contributed by atoms with Crippen LogP contribution in [0.1, 0.15) is 78.1 Å². The van der Waals surface area contributed by atoms with Gasteiger partial charge in [0.2, 0.25) is 0 Å². The first-order chi connectivity index (χ1) is 8.99. The van der Waals surface area contributed by atoms with E-state index in [4.69, 9.17) is 4.55 Å². The summed E-state index contributed by atoms with van der Waals surface area (Å²) in [7, 11) is -4.27. The molecular weight excluding hydrogens is 264 g/mol. The van der Waals surface area contributed by atoms with E-state index >= 15 is 0 Å². The van der Waals surface area contributed by atoms with E-state index in [2.05, 4.69) is 18.0 Å². The molecule has 1 N–H and O–H groups in total. The summed E-state index contributed by atoms with van der Waals surface area (Å²) in [4.78, 5) is 0. The Labute approximate surface area is 118 Å². The van der Waals surface area contributed by atoms with Gasteiger partial charge >= 0.3 is 10.4 Å². The molecule has 0 aromatic heterocycles. The van der Waals surface area contributed by atoms with Crippen LogP contribution in [0.3, 0.4) is 0 Å². The zero-order chi connectivity index (χ0) is 14.6. The highest BCUT2D eigenvalue weighted by Crippen LogP contribution is 2.21. The minimum absolute atomic E-state index is 0.101. The van der Waals surface area contributed by atoms with Crippen LogP contribution in [0.2, 0.25) is 0 Å². The molecule has 0 bridgehead atoms. The smallest absolute Gasteiger partial charge is 0.264 e. The van der Waals surface area contributed by atoms with Crippen LogP contribution in [0, 0.1) is 5.92 Å². The molecule has 0 saturated heterocycles. The van der Waals surface area contributed by atoms with Crippen LogP contribution in [0.15, 0.2) is 0 Å². The van der Waals surface area contributed by atoms with Crippen LogP contribution >= 0.6 is 0 Å². The van der Waals surface area contributed by atoms with Gasteiger partial charge in [-0.15, -0.1) is 0 Å². The first-order valence-corrected chi connectivity index (χ1v) is 8.98. The third-order valence-electron chi connectivity index (χ3n) is 3.44. The molecule has 5 heteroatoms. The van der Waals surface area contributed by atoms with Crippen molar-refractivity contribution in [1.82, 2.24) is 0 Å². The van der Waals surface area contributed by atoms with Gasteiger partial charge in [0.15, 0.2) is 0 Å². The van der Waals surface area contributed by atoms with Gasteiger partial charge in [-0.1, -0.05) is 71.6 Å². The lowest BCUT2D eigenvalue weighted by atomic mass is 9.92. The highest BCUT2D eigenvalue weighted by atomic mass is 32.3. The minimum Gasteiger partial charge on any atom is -0.264 e. The van der Waals surface area contributed by atoms with Gasteiger partial charge in [-0.2, -0.15) is 8.42 Å². The predicted molar refractivity (Wildman–Crippen MR) is 78.5 cm³/mol. The molecule has 0 aromatic carbocycles.